The molecule has 3 aromatic heterocycles. The number of benzene rings is 1. The number of pyridine rings is 1. The maximum atomic E-state index is 13.1. The third-order valence-corrected chi connectivity index (χ3v) is 6.01. The third kappa shape index (κ3) is 2.88. The Morgan fingerprint density at radius 2 is 1.93 bits per heavy atom. The van der Waals surface area contributed by atoms with E-state index in [1.807, 2.05) is 50.2 Å². The summed E-state index contributed by atoms with van der Waals surface area (Å²) in [6.45, 7) is 5.65. The molecule has 1 amide bonds. The first-order valence-corrected chi connectivity index (χ1v) is 9.80. The van der Waals surface area contributed by atoms with Crippen LogP contribution >= 0.6 is 11.3 Å². The van der Waals surface area contributed by atoms with Crippen molar-refractivity contribution < 1.29 is 4.79 Å². The highest BCUT2D eigenvalue weighted by Crippen LogP contribution is 2.32. The largest absolute Gasteiger partial charge is 0.314 e. The minimum absolute atomic E-state index is 0.180. The van der Waals surface area contributed by atoms with Crippen LogP contribution in [-0.2, 0) is 4.79 Å². The topological polar surface area (TPSA) is 68.1 Å². The van der Waals surface area contributed by atoms with E-state index in [0.717, 1.165) is 27.2 Å². The molecule has 0 saturated heterocycles. The number of rotatable bonds is 3. The van der Waals surface area contributed by atoms with Gasteiger partial charge >= 0.3 is 0 Å². The molecule has 0 saturated carbocycles. The van der Waals surface area contributed by atoms with E-state index in [1.165, 1.54) is 22.2 Å². The molecular weight excluding hydrogens is 372 g/mol. The van der Waals surface area contributed by atoms with Crippen LogP contribution in [0.4, 0.5) is 5.69 Å². The highest BCUT2D eigenvalue weighted by molar-refractivity contribution is 7.25. The summed E-state index contributed by atoms with van der Waals surface area (Å²) >= 11 is 1.33. The van der Waals surface area contributed by atoms with Gasteiger partial charge in [-0.2, -0.15) is 0 Å². The van der Waals surface area contributed by atoms with Crippen LogP contribution in [0.25, 0.3) is 20.4 Å². The van der Waals surface area contributed by atoms with Crippen molar-refractivity contribution in [1.29, 1.82) is 0 Å². The van der Waals surface area contributed by atoms with Crippen LogP contribution in [0.1, 0.15) is 24.2 Å². The molecule has 142 valence electrons. The SMILES string of the molecule is Cc1cc(C)c2c(n1)sc1c(=O)n([C@H](C)C(=O)N(C)c3ccccc3)cnc12. The Bertz CT molecular complexity index is 1260. The number of likely N-dealkylation sites (N-methyl/N-ethyl adjacent to an activating group) is 1. The predicted octanol–water partition coefficient (Wildman–Crippen LogP) is 3.85. The van der Waals surface area contributed by atoms with Crippen molar-refractivity contribution in [3.63, 3.8) is 0 Å². The molecule has 0 unspecified atom stereocenters. The van der Waals surface area contributed by atoms with Gasteiger partial charge in [0.25, 0.3) is 5.56 Å². The standard InChI is InChI=1S/C21H20N4O2S/c1-12-10-13(2)23-19-16(12)17-18(28-19)21(27)25(11-22-17)14(3)20(26)24(4)15-8-6-5-7-9-15/h5-11,14H,1-4H3/t14-/m1/s1. The van der Waals surface area contributed by atoms with Gasteiger partial charge < -0.3 is 4.90 Å². The number of aromatic nitrogens is 3. The average Bonchev–Trinajstić information content (AvgIpc) is 3.06. The minimum Gasteiger partial charge on any atom is -0.314 e. The van der Waals surface area contributed by atoms with E-state index >= 15 is 0 Å². The Hall–Kier alpha value is -3.06. The van der Waals surface area contributed by atoms with Crippen molar-refractivity contribution in [2.24, 2.45) is 0 Å². The summed E-state index contributed by atoms with van der Waals surface area (Å²) in [6.07, 6.45) is 1.47. The number of nitrogens with zero attached hydrogens (tertiary/aromatic N) is 4. The molecule has 0 aliphatic carbocycles. The van der Waals surface area contributed by atoms with Gasteiger partial charge in [-0.1, -0.05) is 18.2 Å². The van der Waals surface area contributed by atoms with Crippen LogP contribution < -0.4 is 10.5 Å². The molecule has 6 nitrogen and oxygen atoms in total. The van der Waals surface area contributed by atoms with E-state index in [0.29, 0.717) is 10.2 Å². The fourth-order valence-corrected chi connectivity index (χ4v) is 4.62. The summed E-state index contributed by atoms with van der Waals surface area (Å²) in [7, 11) is 1.71. The van der Waals surface area contributed by atoms with Gasteiger partial charge in [-0.25, -0.2) is 9.97 Å². The van der Waals surface area contributed by atoms with E-state index in [-0.39, 0.29) is 11.5 Å². The minimum atomic E-state index is -0.671. The molecule has 0 aliphatic rings. The van der Waals surface area contributed by atoms with Crippen molar-refractivity contribution in [2.75, 3.05) is 11.9 Å². The molecule has 4 aromatic rings. The fourth-order valence-electron chi connectivity index (χ4n) is 3.43. The molecule has 1 aromatic carbocycles. The van der Waals surface area contributed by atoms with Gasteiger partial charge in [0.15, 0.2) is 0 Å². The molecule has 0 radical (unpaired) electrons. The highest BCUT2D eigenvalue weighted by Gasteiger charge is 2.23. The number of anilines is 1. The molecule has 28 heavy (non-hydrogen) atoms. The van der Waals surface area contributed by atoms with Crippen molar-refractivity contribution in [1.82, 2.24) is 14.5 Å². The Kier molecular flexibility index (Phi) is 4.47. The third-order valence-electron chi connectivity index (χ3n) is 4.95. The normalized spacial score (nSPS) is 12.4. The number of fused-ring (bicyclic) bond motifs is 3. The summed E-state index contributed by atoms with van der Waals surface area (Å²) in [6, 6.07) is 10.7. The number of carbonyl (C=O) groups is 1. The zero-order valence-corrected chi connectivity index (χ0v) is 16.9. The van der Waals surface area contributed by atoms with Gasteiger partial charge in [0, 0.05) is 23.8 Å². The molecule has 0 N–H and O–H groups in total. The quantitative estimate of drug-likeness (QED) is 0.531. The monoisotopic (exact) mass is 392 g/mol. The summed E-state index contributed by atoms with van der Waals surface area (Å²) in [5.74, 6) is -0.180. The van der Waals surface area contributed by atoms with E-state index in [4.69, 9.17) is 0 Å². The summed E-state index contributed by atoms with van der Waals surface area (Å²) < 4.78 is 1.93. The number of amides is 1. The molecule has 0 spiro atoms. The summed E-state index contributed by atoms with van der Waals surface area (Å²) in [5.41, 5.74) is 3.17. The first-order chi connectivity index (χ1) is 13.4. The second-order valence-electron chi connectivity index (χ2n) is 6.91. The van der Waals surface area contributed by atoms with Gasteiger partial charge in [0.1, 0.15) is 15.6 Å². The van der Waals surface area contributed by atoms with Crippen LogP contribution in [0.15, 0.2) is 47.5 Å². The van der Waals surface area contributed by atoms with E-state index in [1.54, 1.807) is 18.9 Å². The first-order valence-electron chi connectivity index (χ1n) is 8.98. The fraction of sp³-hybridized carbons (Fsp3) is 0.238. The summed E-state index contributed by atoms with van der Waals surface area (Å²) in [5, 5.41) is 0.912. The molecule has 0 aliphatic heterocycles. The van der Waals surface area contributed by atoms with Gasteiger partial charge in [0.2, 0.25) is 5.91 Å². The molecular formula is C21H20N4O2S. The van der Waals surface area contributed by atoms with Crippen LogP contribution in [0.3, 0.4) is 0 Å². The van der Waals surface area contributed by atoms with Gasteiger partial charge in [-0.15, -0.1) is 11.3 Å². The molecule has 0 fully saturated rings. The molecule has 1 atom stereocenters. The molecule has 4 rings (SSSR count). The molecule has 7 heteroatoms. The number of thiophene rings is 1. The zero-order valence-electron chi connectivity index (χ0n) is 16.1. The van der Waals surface area contributed by atoms with Crippen molar-refractivity contribution in [3.8, 4) is 0 Å². The predicted molar refractivity (Wildman–Crippen MR) is 113 cm³/mol. The second-order valence-corrected chi connectivity index (χ2v) is 7.91. The average molecular weight is 392 g/mol. The lowest BCUT2D eigenvalue weighted by molar-refractivity contribution is -0.121. The Morgan fingerprint density at radius 1 is 1.21 bits per heavy atom. The van der Waals surface area contributed by atoms with Crippen LogP contribution in [0.5, 0.6) is 0 Å². The van der Waals surface area contributed by atoms with Gasteiger partial charge in [0.05, 0.1) is 11.8 Å². The van der Waals surface area contributed by atoms with Gasteiger partial charge in [-0.3, -0.25) is 14.2 Å². The van der Waals surface area contributed by atoms with Crippen molar-refractivity contribution in [3.05, 3.63) is 64.3 Å². The maximum absolute atomic E-state index is 13.1. The lowest BCUT2D eigenvalue weighted by Gasteiger charge is -2.22. The Labute approximate surface area is 166 Å². The second kappa shape index (κ2) is 6.83. The maximum Gasteiger partial charge on any atom is 0.272 e. The van der Waals surface area contributed by atoms with Crippen LogP contribution in [-0.4, -0.2) is 27.5 Å². The lowest BCUT2D eigenvalue weighted by atomic mass is 10.1. The smallest absolute Gasteiger partial charge is 0.272 e. The molecule has 0 bridgehead atoms. The first kappa shape index (κ1) is 18.3. The van der Waals surface area contributed by atoms with E-state index < -0.39 is 6.04 Å². The van der Waals surface area contributed by atoms with Crippen molar-refractivity contribution in [2.45, 2.75) is 26.8 Å². The highest BCUT2D eigenvalue weighted by atomic mass is 32.1. The number of carbonyl (C=O) groups excluding carboxylic acids is 1. The number of aryl methyl sites for hydroxylation is 2. The number of hydrogen-bond donors (Lipinski definition) is 0. The number of hydrogen-bond acceptors (Lipinski definition) is 5. The zero-order chi connectivity index (χ0) is 20.0. The summed E-state index contributed by atoms with van der Waals surface area (Å²) in [4.78, 5) is 37.5. The van der Waals surface area contributed by atoms with E-state index in [9.17, 15) is 9.59 Å². The Balaban J connectivity index is 1.80. The Morgan fingerprint density at radius 3 is 2.64 bits per heavy atom. The molecule has 3 heterocycles. The van der Waals surface area contributed by atoms with Crippen LogP contribution in [0, 0.1) is 13.8 Å². The van der Waals surface area contributed by atoms with Crippen LogP contribution in [0.2, 0.25) is 0 Å². The van der Waals surface area contributed by atoms with Gasteiger partial charge in [-0.05, 0) is 44.5 Å². The number of para-hydroxylation sites is 1. The van der Waals surface area contributed by atoms with Crippen molar-refractivity contribution >= 4 is 43.4 Å². The lowest BCUT2D eigenvalue weighted by Crippen LogP contribution is -2.37. The van der Waals surface area contributed by atoms with E-state index in [2.05, 4.69) is 9.97 Å².